The van der Waals surface area contributed by atoms with E-state index >= 15 is 0 Å². The Morgan fingerprint density at radius 3 is 2.32 bits per heavy atom. The highest BCUT2D eigenvalue weighted by atomic mass is 32.1. The molecule has 2 aromatic heterocycles. The van der Waals surface area contributed by atoms with Gasteiger partial charge in [0, 0.05) is 29.3 Å². The fourth-order valence-corrected chi connectivity index (χ4v) is 3.00. The number of benzene rings is 1. The molecule has 0 aliphatic rings. The van der Waals surface area contributed by atoms with Gasteiger partial charge in [0.2, 0.25) is 5.91 Å². The lowest BCUT2D eigenvalue weighted by molar-refractivity contribution is -0.117. The van der Waals surface area contributed by atoms with Crippen LogP contribution >= 0.6 is 11.3 Å². The van der Waals surface area contributed by atoms with Crippen LogP contribution in [-0.4, -0.2) is 28.7 Å². The molecule has 8 heteroatoms. The van der Waals surface area contributed by atoms with Crippen LogP contribution in [0.2, 0.25) is 0 Å². The second kappa shape index (κ2) is 8.92. The first-order valence-electron chi connectivity index (χ1n) is 8.49. The Balaban J connectivity index is 1.59. The largest absolute Gasteiger partial charge is 0.340 e. The third kappa shape index (κ3) is 5.01. The van der Waals surface area contributed by atoms with Gasteiger partial charge in [0.1, 0.15) is 6.04 Å². The van der Waals surface area contributed by atoms with E-state index in [1.165, 1.54) is 23.7 Å². The molecule has 3 N–H and O–H groups in total. The number of hydrogen-bond donors (Lipinski definition) is 3. The van der Waals surface area contributed by atoms with Crippen LogP contribution < -0.4 is 16.0 Å². The number of nitrogens with one attached hydrogen (secondary N) is 3. The topological polar surface area (TPSA) is 100 Å². The quantitative estimate of drug-likeness (QED) is 0.598. The van der Waals surface area contributed by atoms with Crippen molar-refractivity contribution in [3.05, 3.63) is 76.7 Å². The molecular formula is C20H18N4O3S. The van der Waals surface area contributed by atoms with Gasteiger partial charge in [0.15, 0.2) is 0 Å². The van der Waals surface area contributed by atoms with Gasteiger partial charge >= 0.3 is 0 Å². The lowest BCUT2D eigenvalue weighted by Gasteiger charge is -2.14. The molecule has 7 nitrogen and oxygen atoms in total. The Morgan fingerprint density at radius 2 is 1.64 bits per heavy atom. The number of anilines is 2. The number of aromatic nitrogens is 1. The normalized spacial score (nSPS) is 11.3. The molecule has 1 atom stereocenters. The average molecular weight is 394 g/mol. The van der Waals surface area contributed by atoms with E-state index in [2.05, 4.69) is 20.9 Å². The Labute approximate surface area is 165 Å². The summed E-state index contributed by atoms with van der Waals surface area (Å²) in [6, 6.07) is 12.7. The molecule has 3 rings (SSSR count). The van der Waals surface area contributed by atoms with Gasteiger partial charge in [-0.15, -0.1) is 11.3 Å². The third-order valence-electron chi connectivity index (χ3n) is 3.82. The summed E-state index contributed by atoms with van der Waals surface area (Å²) < 4.78 is 0. The molecule has 142 valence electrons. The number of pyridine rings is 1. The fraction of sp³-hybridized carbons (Fsp3) is 0.100. The van der Waals surface area contributed by atoms with E-state index in [1.807, 2.05) is 0 Å². The summed E-state index contributed by atoms with van der Waals surface area (Å²) in [6.07, 6.45) is 3.08. The zero-order chi connectivity index (χ0) is 19.9. The van der Waals surface area contributed by atoms with Crippen LogP contribution in [0.3, 0.4) is 0 Å². The Kier molecular flexibility index (Phi) is 6.13. The first-order valence-corrected chi connectivity index (χ1v) is 9.37. The number of rotatable bonds is 6. The van der Waals surface area contributed by atoms with Gasteiger partial charge in [-0.1, -0.05) is 12.1 Å². The lowest BCUT2D eigenvalue weighted by Crippen LogP contribution is -2.41. The number of thiophene rings is 1. The molecule has 0 saturated carbocycles. The van der Waals surface area contributed by atoms with Gasteiger partial charge in [-0.05, 0) is 48.7 Å². The maximum atomic E-state index is 12.4. The summed E-state index contributed by atoms with van der Waals surface area (Å²) in [7, 11) is 0. The molecule has 28 heavy (non-hydrogen) atoms. The van der Waals surface area contributed by atoms with Crippen molar-refractivity contribution in [2.75, 3.05) is 10.6 Å². The van der Waals surface area contributed by atoms with E-state index < -0.39 is 6.04 Å². The van der Waals surface area contributed by atoms with Crippen molar-refractivity contribution in [2.45, 2.75) is 13.0 Å². The summed E-state index contributed by atoms with van der Waals surface area (Å²) in [4.78, 5) is 41.0. The molecule has 0 fully saturated rings. The summed E-state index contributed by atoms with van der Waals surface area (Å²) in [6.45, 7) is 1.61. The zero-order valence-corrected chi connectivity index (χ0v) is 15.8. The third-order valence-corrected chi connectivity index (χ3v) is 4.68. The molecule has 0 saturated heterocycles. The van der Waals surface area contributed by atoms with Gasteiger partial charge < -0.3 is 16.0 Å². The van der Waals surface area contributed by atoms with E-state index in [-0.39, 0.29) is 17.7 Å². The van der Waals surface area contributed by atoms with E-state index in [0.717, 1.165) is 0 Å². The van der Waals surface area contributed by atoms with Crippen molar-refractivity contribution in [2.24, 2.45) is 0 Å². The molecule has 0 aliphatic carbocycles. The number of carbonyl (C=O) groups is 3. The molecule has 0 aliphatic heterocycles. The highest BCUT2D eigenvalue weighted by Crippen LogP contribution is 2.16. The Bertz CT molecular complexity index is 974. The van der Waals surface area contributed by atoms with E-state index in [4.69, 9.17) is 0 Å². The van der Waals surface area contributed by atoms with Crippen molar-refractivity contribution < 1.29 is 14.4 Å². The summed E-state index contributed by atoms with van der Waals surface area (Å²) >= 11 is 1.31. The average Bonchev–Trinajstić information content (AvgIpc) is 3.24. The van der Waals surface area contributed by atoms with Crippen LogP contribution in [0, 0.1) is 0 Å². The molecule has 1 aromatic carbocycles. The second-order valence-electron chi connectivity index (χ2n) is 5.93. The predicted molar refractivity (Wildman–Crippen MR) is 109 cm³/mol. The lowest BCUT2D eigenvalue weighted by atomic mass is 10.2. The van der Waals surface area contributed by atoms with Crippen LogP contribution in [0.5, 0.6) is 0 Å². The standard InChI is InChI=1S/C20H18N4O3S/c1-13(22-20(27)17-6-3-11-28-17)18(25)23-15-4-2-5-16(12-15)24-19(26)14-7-9-21-10-8-14/h2-13H,1H3,(H,22,27)(H,23,25)(H,24,26). The molecule has 1 unspecified atom stereocenters. The van der Waals surface area contributed by atoms with E-state index in [1.54, 1.807) is 60.8 Å². The minimum Gasteiger partial charge on any atom is -0.340 e. The first-order chi connectivity index (χ1) is 13.5. The van der Waals surface area contributed by atoms with Gasteiger partial charge in [-0.3, -0.25) is 19.4 Å². The van der Waals surface area contributed by atoms with Gasteiger partial charge in [-0.2, -0.15) is 0 Å². The van der Waals surface area contributed by atoms with Crippen molar-refractivity contribution in [1.82, 2.24) is 10.3 Å². The summed E-state index contributed by atoms with van der Waals surface area (Å²) in [5.41, 5.74) is 1.53. The minimum atomic E-state index is -0.718. The van der Waals surface area contributed by atoms with Crippen molar-refractivity contribution in [3.8, 4) is 0 Å². The van der Waals surface area contributed by atoms with Gasteiger partial charge in [0.05, 0.1) is 4.88 Å². The van der Waals surface area contributed by atoms with Gasteiger partial charge in [0.25, 0.3) is 11.8 Å². The first kappa shape index (κ1) is 19.2. The van der Waals surface area contributed by atoms with Crippen molar-refractivity contribution in [1.29, 1.82) is 0 Å². The molecule has 3 amide bonds. The minimum absolute atomic E-state index is 0.276. The maximum Gasteiger partial charge on any atom is 0.261 e. The van der Waals surface area contributed by atoms with E-state index in [0.29, 0.717) is 21.8 Å². The predicted octanol–water partition coefficient (Wildman–Crippen LogP) is 3.15. The number of nitrogens with zero attached hydrogens (tertiary/aromatic N) is 1. The number of hydrogen-bond acceptors (Lipinski definition) is 5. The van der Waals surface area contributed by atoms with Crippen LogP contribution in [0.1, 0.15) is 27.0 Å². The van der Waals surface area contributed by atoms with E-state index in [9.17, 15) is 14.4 Å². The molecule has 0 bridgehead atoms. The van der Waals surface area contributed by atoms with Crippen LogP contribution in [0.15, 0.2) is 66.3 Å². The molecule has 0 spiro atoms. The SMILES string of the molecule is CC(NC(=O)c1cccs1)C(=O)Nc1cccc(NC(=O)c2ccncc2)c1. The summed E-state index contributed by atoms with van der Waals surface area (Å²) in [5, 5.41) is 9.95. The van der Waals surface area contributed by atoms with Crippen LogP contribution in [0.25, 0.3) is 0 Å². The number of amides is 3. The second-order valence-corrected chi connectivity index (χ2v) is 6.88. The van der Waals surface area contributed by atoms with Crippen LogP contribution in [-0.2, 0) is 4.79 Å². The maximum absolute atomic E-state index is 12.4. The van der Waals surface area contributed by atoms with Crippen molar-refractivity contribution in [3.63, 3.8) is 0 Å². The highest BCUT2D eigenvalue weighted by Gasteiger charge is 2.17. The highest BCUT2D eigenvalue weighted by molar-refractivity contribution is 7.12. The van der Waals surface area contributed by atoms with Crippen molar-refractivity contribution >= 4 is 40.4 Å². The van der Waals surface area contributed by atoms with Gasteiger partial charge in [-0.25, -0.2) is 0 Å². The Hall–Kier alpha value is -3.52. The Morgan fingerprint density at radius 1 is 0.929 bits per heavy atom. The molecule has 3 aromatic rings. The zero-order valence-electron chi connectivity index (χ0n) is 15.0. The monoisotopic (exact) mass is 394 g/mol. The fourth-order valence-electron chi connectivity index (χ4n) is 2.37. The molecular weight excluding hydrogens is 376 g/mol. The van der Waals surface area contributed by atoms with Crippen LogP contribution in [0.4, 0.5) is 11.4 Å². The smallest absolute Gasteiger partial charge is 0.261 e. The summed E-state index contributed by atoms with van der Waals surface area (Å²) in [5.74, 6) is -0.930. The number of carbonyl (C=O) groups excluding carboxylic acids is 3. The molecule has 0 radical (unpaired) electrons. The molecule has 2 heterocycles.